The normalized spacial score (nSPS) is 18.0. The summed E-state index contributed by atoms with van der Waals surface area (Å²) in [5, 5.41) is 6.89. The van der Waals surface area contributed by atoms with Crippen molar-refractivity contribution in [1.82, 2.24) is 14.6 Å². The van der Waals surface area contributed by atoms with Crippen LogP contribution in [-0.4, -0.2) is 27.2 Å². The third-order valence-corrected chi connectivity index (χ3v) is 5.97. The minimum absolute atomic E-state index is 0.292. The largest absolute Gasteiger partial charge is 0.417 e. The summed E-state index contributed by atoms with van der Waals surface area (Å²) in [7, 11) is 0. The molecule has 33 heavy (non-hydrogen) atoms. The first kappa shape index (κ1) is 20.9. The van der Waals surface area contributed by atoms with E-state index in [0.717, 1.165) is 18.6 Å². The number of anilines is 2. The fourth-order valence-electron chi connectivity index (χ4n) is 4.35. The van der Waals surface area contributed by atoms with E-state index in [9.17, 15) is 13.6 Å². The van der Waals surface area contributed by atoms with Gasteiger partial charge in [0.25, 0.3) is 0 Å². The lowest BCUT2D eigenvalue weighted by molar-refractivity contribution is 0.215. The predicted molar refractivity (Wildman–Crippen MR) is 119 cm³/mol. The molecule has 168 valence electrons. The van der Waals surface area contributed by atoms with Crippen molar-refractivity contribution in [2.45, 2.75) is 25.3 Å². The number of carbonyl (C=O) groups is 1. The van der Waals surface area contributed by atoms with Crippen molar-refractivity contribution in [1.29, 1.82) is 0 Å². The van der Waals surface area contributed by atoms with Crippen LogP contribution in [0, 0.1) is 11.6 Å². The second-order valence-corrected chi connectivity index (χ2v) is 8.09. The second-order valence-electron chi connectivity index (χ2n) is 8.09. The van der Waals surface area contributed by atoms with Crippen LogP contribution in [0.2, 0.25) is 0 Å². The zero-order valence-corrected chi connectivity index (χ0v) is 17.8. The van der Waals surface area contributed by atoms with Crippen LogP contribution >= 0.6 is 0 Å². The highest BCUT2D eigenvalue weighted by molar-refractivity contribution is 5.90. The molecule has 1 atom stereocenters. The van der Waals surface area contributed by atoms with E-state index in [1.807, 2.05) is 17.9 Å². The first-order valence-corrected chi connectivity index (χ1v) is 10.6. The van der Waals surface area contributed by atoms with E-state index in [4.69, 9.17) is 9.72 Å². The lowest BCUT2D eigenvalue weighted by Gasteiger charge is -2.37. The van der Waals surface area contributed by atoms with E-state index in [1.54, 1.807) is 36.5 Å². The van der Waals surface area contributed by atoms with Crippen LogP contribution < -0.4 is 15.0 Å². The molecule has 0 unspecified atom stereocenters. The van der Waals surface area contributed by atoms with Gasteiger partial charge in [-0.05, 0) is 56.2 Å². The average Bonchev–Trinajstić information content (AvgIpc) is 3.39. The SMILES string of the molecule is C[C@]1(c2cc(F)ccc2F)CCCN1c1ccn2ncc(NC(=O)Oc3ccccc3)c2n1. The molecule has 1 aliphatic rings. The van der Waals surface area contributed by atoms with E-state index in [0.29, 0.717) is 41.4 Å². The first-order valence-electron chi connectivity index (χ1n) is 10.6. The molecule has 0 radical (unpaired) electrons. The summed E-state index contributed by atoms with van der Waals surface area (Å²) in [4.78, 5) is 19.0. The Morgan fingerprint density at radius 1 is 1.15 bits per heavy atom. The summed E-state index contributed by atoms with van der Waals surface area (Å²) in [6.07, 6.45) is 3.97. The van der Waals surface area contributed by atoms with Crippen LogP contribution in [0.5, 0.6) is 5.75 Å². The van der Waals surface area contributed by atoms with Gasteiger partial charge in [-0.15, -0.1) is 0 Å². The summed E-state index contributed by atoms with van der Waals surface area (Å²) >= 11 is 0. The maximum atomic E-state index is 14.7. The van der Waals surface area contributed by atoms with Crippen LogP contribution in [0.15, 0.2) is 67.0 Å². The highest BCUT2D eigenvalue weighted by Gasteiger charge is 2.41. The van der Waals surface area contributed by atoms with Gasteiger partial charge in [-0.1, -0.05) is 18.2 Å². The summed E-state index contributed by atoms with van der Waals surface area (Å²) in [5.41, 5.74) is 0.305. The van der Waals surface area contributed by atoms with Crippen molar-refractivity contribution < 1.29 is 18.3 Å². The smallest absolute Gasteiger partial charge is 0.410 e. The predicted octanol–water partition coefficient (Wildman–Crippen LogP) is 5.13. The second kappa shape index (κ2) is 8.16. The fraction of sp³-hybridized carbons (Fsp3) is 0.208. The molecular formula is C24H21F2N5O2. The van der Waals surface area contributed by atoms with Crippen LogP contribution in [-0.2, 0) is 5.54 Å². The number of hydrogen-bond donors (Lipinski definition) is 1. The van der Waals surface area contributed by atoms with Crippen LogP contribution in [0.25, 0.3) is 5.65 Å². The summed E-state index contributed by atoms with van der Waals surface area (Å²) in [6.45, 7) is 2.51. The minimum atomic E-state index is -0.766. The van der Waals surface area contributed by atoms with E-state index in [-0.39, 0.29) is 0 Å². The van der Waals surface area contributed by atoms with E-state index in [1.165, 1.54) is 16.8 Å². The quantitative estimate of drug-likeness (QED) is 0.468. The number of para-hydroxylation sites is 1. The standard InChI is InChI=1S/C24H21F2N5O2/c1-24(18-14-16(25)8-9-19(18)26)11-5-12-30(24)21-10-13-31-22(29-21)20(15-27-31)28-23(32)33-17-6-3-2-4-7-17/h2-4,6-10,13-15H,5,11-12H2,1H3,(H,28,32)/t24-/m1/s1. The minimum Gasteiger partial charge on any atom is -0.410 e. The van der Waals surface area contributed by atoms with Gasteiger partial charge >= 0.3 is 6.09 Å². The third-order valence-electron chi connectivity index (χ3n) is 5.97. The van der Waals surface area contributed by atoms with Gasteiger partial charge in [-0.3, -0.25) is 5.32 Å². The number of fused-ring (bicyclic) bond motifs is 1. The molecule has 0 saturated carbocycles. The van der Waals surface area contributed by atoms with Crippen LogP contribution in [0.3, 0.4) is 0 Å². The number of nitrogens with zero attached hydrogens (tertiary/aromatic N) is 4. The number of rotatable bonds is 4. The summed E-state index contributed by atoms with van der Waals surface area (Å²) in [6, 6.07) is 14.0. The average molecular weight is 449 g/mol. The molecule has 0 spiro atoms. The maximum Gasteiger partial charge on any atom is 0.417 e. The van der Waals surface area contributed by atoms with Gasteiger partial charge in [0.05, 0.1) is 11.7 Å². The van der Waals surface area contributed by atoms with Crippen LogP contribution in [0.4, 0.5) is 25.1 Å². The van der Waals surface area contributed by atoms with Gasteiger partial charge in [0.1, 0.15) is 28.9 Å². The number of benzene rings is 2. The molecule has 1 amide bonds. The Labute approximate surface area is 188 Å². The number of amides is 1. The van der Waals surface area contributed by atoms with Gasteiger partial charge in [0.2, 0.25) is 0 Å². The Balaban J connectivity index is 1.45. The molecule has 9 heteroatoms. The van der Waals surface area contributed by atoms with E-state index in [2.05, 4.69) is 10.4 Å². The van der Waals surface area contributed by atoms with Crippen molar-refractivity contribution in [3.05, 3.63) is 84.2 Å². The van der Waals surface area contributed by atoms with Crippen molar-refractivity contribution >= 4 is 23.2 Å². The van der Waals surface area contributed by atoms with Crippen molar-refractivity contribution in [2.75, 3.05) is 16.8 Å². The highest BCUT2D eigenvalue weighted by atomic mass is 19.1. The van der Waals surface area contributed by atoms with E-state index >= 15 is 0 Å². The van der Waals surface area contributed by atoms with E-state index < -0.39 is 23.3 Å². The molecule has 1 aliphatic heterocycles. The number of halogens is 2. The lowest BCUT2D eigenvalue weighted by atomic mass is 9.88. The molecule has 4 aromatic rings. The summed E-state index contributed by atoms with van der Waals surface area (Å²) in [5.74, 6) is 0.0422. The van der Waals surface area contributed by atoms with Gasteiger partial charge in [0, 0.05) is 18.3 Å². The summed E-state index contributed by atoms with van der Waals surface area (Å²) < 4.78 is 35.4. The molecule has 1 saturated heterocycles. The molecule has 1 N–H and O–H groups in total. The lowest BCUT2D eigenvalue weighted by Crippen LogP contribution is -2.40. The van der Waals surface area contributed by atoms with Crippen molar-refractivity contribution in [3.8, 4) is 5.75 Å². The number of hydrogen-bond acceptors (Lipinski definition) is 5. The van der Waals surface area contributed by atoms with Crippen LogP contribution in [0.1, 0.15) is 25.3 Å². The molecule has 7 nitrogen and oxygen atoms in total. The molecule has 0 aliphatic carbocycles. The molecular weight excluding hydrogens is 428 g/mol. The Bertz CT molecular complexity index is 1330. The molecule has 0 bridgehead atoms. The number of nitrogens with one attached hydrogen (secondary N) is 1. The number of carbonyl (C=O) groups excluding carboxylic acids is 1. The highest BCUT2D eigenvalue weighted by Crippen LogP contribution is 2.42. The molecule has 5 rings (SSSR count). The maximum absolute atomic E-state index is 14.7. The van der Waals surface area contributed by atoms with Gasteiger partial charge in [-0.2, -0.15) is 5.10 Å². The Morgan fingerprint density at radius 2 is 1.97 bits per heavy atom. The Morgan fingerprint density at radius 3 is 2.79 bits per heavy atom. The number of aromatic nitrogens is 3. The number of ether oxygens (including phenoxy) is 1. The first-order chi connectivity index (χ1) is 15.9. The van der Waals surface area contributed by atoms with Gasteiger partial charge in [0.15, 0.2) is 5.65 Å². The molecule has 3 heterocycles. The molecule has 2 aromatic heterocycles. The van der Waals surface area contributed by atoms with Crippen molar-refractivity contribution in [3.63, 3.8) is 0 Å². The molecule has 1 fully saturated rings. The zero-order chi connectivity index (χ0) is 23.0. The zero-order valence-electron chi connectivity index (χ0n) is 17.8. The Hall–Kier alpha value is -4.01. The van der Waals surface area contributed by atoms with Gasteiger partial charge < -0.3 is 9.64 Å². The monoisotopic (exact) mass is 449 g/mol. The fourth-order valence-corrected chi connectivity index (χ4v) is 4.35. The third kappa shape index (κ3) is 3.86. The van der Waals surface area contributed by atoms with Crippen molar-refractivity contribution in [2.24, 2.45) is 0 Å². The molecule has 2 aromatic carbocycles. The van der Waals surface area contributed by atoms with Gasteiger partial charge in [-0.25, -0.2) is 23.1 Å². The topological polar surface area (TPSA) is 71.8 Å². The Kier molecular flexibility index (Phi) is 5.16.